The molecule has 1 aliphatic heterocycles. The van der Waals surface area contributed by atoms with Crippen molar-refractivity contribution in [2.45, 2.75) is 45.1 Å². The van der Waals surface area contributed by atoms with Crippen LogP contribution >= 0.6 is 24.0 Å². The number of guanidine groups is 1. The van der Waals surface area contributed by atoms with E-state index >= 15 is 0 Å². The van der Waals surface area contributed by atoms with Crippen molar-refractivity contribution in [2.24, 2.45) is 10.9 Å². The van der Waals surface area contributed by atoms with Gasteiger partial charge in [-0.05, 0) is 44.2 Å². The summed E-state index contributed by atoms with van der Waals surface area (Å²) in [6.45, 7) is 5.37. The maximum absolute atomic E-state index is 13.4. The summed E-state index contributed by atoms with van der Waals surface area (Å²) in [7, 11) is 0. The molecule has 2 fully saturated rings. The van der Waals surface area contributed by atoms with Crippen LogP contribution in [0.2, 0.25) is 0 Å². The molecule has 7 heteroatoms. The van der Waals surface area contributed by atoms with Gasteiger partial charge in [0.05, 0.1) is 0 Å². The van der Waals surface area contributed by atoms with E-state index in [0.717, 1.165) is 44.2 Å². The Morgan fingerprint density at radius 2 is 1.96 bits per heavy atom. The number of benzene rings is 1. The molecule has 0 amide bonds. The van der Waals surface area contributed by atoms with Crippen LogP contribution in [0.1, 0.15) is 39.0 Å². The fraction of sp³-hybridized carbons (Fsp3) is 0.632. The number of nitrogens with one attached hydrogen (secondary N) is 2. The highest BCUT2D eigenvalue weighted by atomic mass is 127. The zero-order valence-electron chi connectivity index (χ0n) is 15.3. The molecule has 146 valence electrons. The van der Waals surface area contributed by atoms with E-state index in [2.05, 4.69) is 22.5 Å². The highest BCUT2D eigenvalue weighted by Crippen LogP contribution is 2.25. The molecule has 4 nitrogen and oxygen atoms in total. The number of hydrogen-bond acceptors (Lipinski definition) is 2. The van der Waals surface area contributed by atoms with E-state index in [1.807, 2.05) is 0 Å². The molecule has 2 N–H and O–H groups in total. The SMILES string of the molecule is CCNC(=NCC1CCN(c2ccc(F)c(F)c2)C1)NC1CCCC1.I. The number of rotatable bonds is 5. The summed E-state index contributed by atoms with van der Waals surface area (Å²) >= 11 is 0. The van der Waals surface area contributed by atoms with E-state index in [1.165, 1.54) is 37.8 Å². The van der Waals surface area contributed by atoms with Crippen molar-refractivity contribution in [1.82, 2.24) is 10.6 Å². The van der Waals surface area contributed by atoms with E-state index in [9.17, 15) is 8.78 Å². The van der Waals surface area contributed by atoms with E-state index in [4.69, 9.17) is 4.99 Å². The van der Waals surface area contributed by atoms with E-state index in [0.29, 0.717) is 12.0 Å². The first-order valence-corrected chi connectivity index (χ1v) is 9.40. The lowest BCUT2D eigenvalue weighted by Gasteiger charge is -2.19. The molecule has 1 aromatic rings. The van der Waals surface area contributed by atoms with Gasteiger partial charge in [-0.3, -0.25) is 4.99 Å². The van der Waals surface area contributed by atoms with Gasteiger partial charge < -0.3 is 15.5 Å². The first kappa shape index (κ1) is 21.2. The van der Waals surface area contributed by atoms with Crippen LogP contribution in [0.3, 0.4) is 0 Å². The average molecular weight is 478 g/mol. The molecule has 1 unspecified atom stereocenters. The van der Waals surface area contributed by atoms with Crippen molar-refractivity contribution in [3.63, 3.8) is 0 Å². The summed E-state index contributed by atoms with van der Waals surface area (Å²) < 4.78 is 26.5. The normalized spacial score (nSPS) is 21.0. The van der Waals surface area contributed by atoms with Crippen molar-refractivity contribution in [2.75, 3.05) is 31.1 Å². The van der Waals surface area contributed by atoms with Gasteiger partial charge in [-0.15, -0.1) is 24.0 Å². The fourth-order valence-electron chi connectivity index (χ4n) is 3.70. The lowest BCUT2D eigenvalue weighted by atomic mass is 10.1. The summed E-state index contributed by atoms with van der Waals surface area (Å²) in [6.07, 6.45) is 6.05. The van der Waals surface area contributed by atoms with Gasteiger partial charge in [0.2, 0.25) is 0 Å². The van der Waals surface area contributed by atoms with Crippen LogP contribution < -0.4 is 15.5 Å². The number of anilines is 1. The average Bonchev–Trinajstić information content (AvgIpc) is 3.27. The van der Waals surface area contributed by atoms with E-state index < -0.39 is 11.6 Å². The Morgan fingerprint density at radius 1 is 1.19 bits per heavy atom. The first-order valence-electron chi connectivity index (χ1n) is 9.40. The smallest absolute Gasteiger partial charge is 0.191 e. The zero-order chi connectivity index (χ0) is 17.6. The Balaban J connectivity index is 0.00000243. The van der Waals surface area contributed by atoms with Gasteiger partial charge in [0.1, 0.15) is 0 Å². The molecule has 0 spiro atoms. The van der Waals surface area contributed by atoms with Crippen molar-refractivity contribution in [1.29, 1.82) is 0 Å². The number of nitrogens with zero attached hydrogens (tertiary/aromatic N) is 2. The Labute approximate surface area is 171 Å². The molecule has 0 bridgehead atoms. The summed E-state index contributed by atoms with van der Waals surface area (Å²) in [5, 5.41) is 6.86. The molecule has 1 heterocycles. The molecule has 0 aromatic heterocycles. The second kappa shape index (κ2) is 10.3. The lowest BCUT2D eigenvalue weighted by molar-refractivity contribution is 0.508. The molecule has 1 aromatic carbocycles. The molecular formula is C19H29F2IN4. The molecule has 0 radical (unpaired) electrons. The van der Waals surface area contributed by atoms with Crippen LogP contribution in [0.15, 0.2) is 23.2 Å². The number of aliphatic imine (C=N–C) groups is 1. The van der Waals surface area contributed by atoms with Gasteiger partial charge in [0, 0.05) is 44.0 Å². The van der Waals surface area contributed by atoms with Crippen LogP contribution in [0, 0.1) is 17.6 Å². The molecule has 26 heavy (non-hydrogen) atoms. The van der Waals surface area contributed by atoms with Crippen LogP contribution in [0.4, 0.5) is 14.5 Å². The third-order valence-electron chi connectivity index (χ3n) is 5.10. The minimum absolute atomic E-state index is 0. The highest BCUT2D eigenvalue weighted by molar-refractivity contribution is 14.0. The number of hydrogen-bond donors (Lipinski definition) is 2. The van der Waals surface area contributed by atoms with Crippen LogP contribution in [-0.4, -0.2) is 38.2 Å². The second-order valence-corrected chi connectivity index (χ2v) is 7.04. The van der Waals surface area contributed by atoms with Gasteiger partial charge in [0.25, 0.3) is 0 Å². The molecule has 1 aliphatic carbocycles. The van der Waals surface area contributed by atoms with Gasteiger partial charge in [-0.1, -0.05) is 12.8 Å². The largest absolute Gasteiger partial charge is 0.371 e. The maximum Gasteiger partial charge on any atom is 0.191 e. The quantitative estimate of drug-likeness (QED) is 0.383. The maximum atomic E-state index is 13.4. The topological polar surface area (TPSA) is 39.7 Å². The molecule has 1 saturated carbocycles. The van der Waals surface area contributed by atoms with Crippen molar-refractivity contribution in [3.8, 4) is 0 Å². The summed E-state index contributed by atoms with van der Waals surface area (Å²) in [4.78, 5) is 6.86. The van der Waals surface area contributed by atoms with E-state index in [-0.39, 0.29) is 24.0 Å². The summed E-state index contributed by atoms with van der Waals surface area (Å²) in [5.74, 6) is -0.237. The minimum atomic E-state index is -0.794. The second-order valence-electron chi connectivity index (χ2n) is 7.04. The molecule has 1 atom stereocenters. The highest BCUT2D eigenvalue weighted by Gasteiger charge is 2.23. The third kappa shape index (κ3) is 5.69. The standard InChI is InChI=1S/C19H28F2N4.HI/c1-2-22-19(24-15-5-3-4-6-15)23-12-14-9-10-25(13-14)16-7-8-17(20)18(21)11-16;/h7-8,11,14-15H,2-6,9-10,12-13H2,1H3,(H2,22,23,24);1H. The van der Waals surface area contributed by atoms with E-state index in [1.54, 1.807) is 6.07 Å². The molecule has 1 saturated heterocycles. The molecule has 2 aliphatic rings. The lowest BCUT2D eigenvalue weighted by Crippen LogP contribution is -2.42. The Hall–Kier alpha value is -1.12. The number of halogens is 3. The van der Waals surface area contributed by atoms with Crippen LogP contribution in [-0.2, 0) is 0 Å². The van der Waals surface area contributed by atoms with Crippen LogP contribution in [0.5, 0.6) is 0 Å². The predicted molar refractivity (Wildman–Crippen MR) is 113 cm³/mol. The summed E-state index contributed by atoms with van der Waals surface area (Å²) in [6, 6.07) is 4.67. The van der Waals surface area contributed by atoms with Gasteiger partial charge >= 0.3 is 0 Å². The Kier molecular flexibility index (Phi) is 8.37. The minimum Gasteiger partial charge on any atom is -0.371 e. The fourth-order valence-corrected chi connectivity index (χ4v) is 3.70. The first-order chi connectivity index (χ1) is 12.2. The zero-order valence-corrected chi connectivity index (χ0v) is 17.6. The Morgan fingerprint density at radius 3 is 2.65 bits per heavy atom. The summed E-state index contributed by atoms with van der Waals surface area (Å²) in [5.41, 5.74) is 0.751. The van der Waals surface area contributed by atoms with Crippen LogP contribution in [0.25, 0.3) is 0 Å². The monoisotopic (exact) mass is 478 g/mol. The van der Waals surface area contributed by atoms with Gasteiger partial charge in [0.15, 0.2) is 17.6 Å². The third-order valence-corrected chi connectivity index (χ3v) is 5.10. The van der Waals surface area contributed by atoms with Gasteiger partial charge in [-0.2, -0.15) is 0 Å². The van der Waals surface area contributed by atoms with Crippen molar-refractivity contribution < 1.29 is 8.78 Å². The van der Waals surface area contributed by atoms with Gasteiger partial charge in [-0.25, -0.2) is 8.78 Å². The predicted octanol–water partition coefficient (Wildman–Crippen LogP) is 3.91. The van der Waals surface area contributed by atoms with Crippen molar-refractivity contribution >= 4 is 35.6 Å². The Bertz CT molecular complexity index is 605. The molecule has 3 rings (SSSR count). The van der Waals surface area contributed by atoms with Crippen molar-refractivity contribution in [3.05, 3.63) is 29.8 Å². The molecular weight excluding hydrogens is 449 g/mol.